The third kappa shape index (κ3) is 2.36. The van der Waals surface area contributed by atoms with Crippen LogP contribution in [0.25, 0.3) is 0 Å². The Bertz CT molecular complexity index is 332. The molecule has 1 heterocycles. The highest BCUT2D eigenvalue weighted by molar-refractivity contribution is 6.03. The summed E-state index contributed by atoms with van der Waals surface area (Å²) in [6.45, 7) is 0.695. The number of carbonyl (C=O) groups excluding carboxylic acids is 1. The van der Waals surface area contributed by atoms with E-state index in [0.717, 1.165) is 12.8 Å². The summed E-state index contributed by atoms with van der Waals surface area (Å²) in [4.78, 5) is 25.0. The van der Waals surface area contributed by atoms with Crippen LogP contribution in [0.15, 0.2) is 0 Å². The highest BCUT2D eigenvalue weighted by atomic mass is 16.5. The van der Waals surface area contributed by atoms with Crippen molar-refractivity contribution in [3.05, 3.63) is 0 Å². The highest BCUT2D eigenvalue weighted by Gasteiger charge is 2.54. The quantitative estimate of drug-likeness (QED) is 0.765. The van der Waals surface area contributed by atoms with Crippen LogP contribution in [0.2, 0.25) is 0 Å². The molecule has 0 radical (unpaired) electrons. The lowest BCUT2D eigenvalue weighted by Gasteiger charge is -2.39. The summed E-state index contributed by atoms with van der Waals surface area (Å²) in [5.41, 5.74) is -1.32. The Morgan fingerprint density at radius 3 is 2.33 bits per heavy atom. The molecule has 0 aromatic rings. The molecular formula is C13H21NO4. The molecule has 18 heavy (non-hydrogen) atoms. The van der Waals surface area contributed by atoms with Crippen molar-refractivity contribution in [2.75, 3.05) is 26.8 Å². The van der Waals surface area contributed by atoms with Gasteiger partial charge in [-0.25, -0.2) is 0 Å². The lowest BCUT2D eigenvalue weighted by Crippen LogP contribution is -2.59. The molecular weight excluding hydrogens is 234 g/mol. The Kier molecular flexibility index (Phi) is 3.90. The molecule has 1 saturated heterocycles. The molecule has 5 heteroatoms. The molecule has 0 unspecified atom stereocenters. The fraction of sp³-hybridized carbons (Fsp3) is 0.846. The normalized spacial score (nSPS) is 23.2. The van der Waals surface area contributed by atoms with Crippen molar-refractivity contribution >= 4 is 11.9 Å². The van der Waals surface area contributed by atoms with Gasteiger partial charge >= 0.3 is 5.97 Å². The van der Waals surface area contributed by atoms with Crippen molar-refractivity contribution in [1.82, 2.24) is 4.90 Å². The third-order valence-electron chi connectivity index (χ3n) is 4.12. The van der Waals surface area contributed by atoms with E-state index < -0.39 is 11.4 Å². The van der Waals surface area contributed by atoms with Crippen LogP contribution in [0.3, 0.4) is 0 Å². The molecule has 2 fully saturated rings. The summed E-state index contributed by atoms with van der Waals surface area (Å²) in [5.74, 6) is -0.833. The summed E-state index contributed by atoms with van der Waals surface area (Å²) in [6, 6.07) is 0. The van der Waals surface area contributed by atoms with E-state index in [0.29, 0.717) is 12.5 Å². The zero-order valence-corrected chi connectivity index (χ0v) is 10.9. The standard InChI is InChI=1S/C13H21NO4/c1-14(7-10-5-3-2-4-6-10)11(15)13(12(16)17)8-18-9-13/h10H,2-9H2,1H3,(H,16,17). The van der Waals surface area contributed by atoms with Crippen molar-refractivity contribution < 1.29 is 19.4 Å². The summed E-state index contributed by atoms with van der Waals surface area (Å²) >= 11 is 0. The molecule has 5 nitrogen and oxygen atoms in total. The number of ether oxygens (including phenoxy) is 1. The van der Waals surface area contributed by atoms with Crippen LogP contribution in [-0.4, -0.2) is 48.7 Å². The number of carboxylic acid groups (broad SMARTS) is 1. The van der Waals surface area contributed by atoms with Crippen LogP contribution in [0.4, 0.5) is 0 Å². The van der Waals surface area contributed by atoms with E-state index in [1.54, 1.807) is 11.9 Å². The van der Waals surface area contributed by atoms with E-state index in [1.807, 2.05) is 0 Å². The molecule has 1 aliphatic carbocycles. The molecule has 1 saturated carbocycles. The highest BCUT2D eigenvalue weighted by Crippen LogP contribution is 2.31. The maximum Gasteiger partial charge on any atom is 0.324 e. The largest absolute Gasteiger partial charge is 0.480 e. The van der Waals surface area contributed by atoms with Crippen LogP contribution in [0.5, 0.6) is 0 Å². The number of aliphatic carboxylic acids is 1. The van der Waals surface area contributed by atoms with E-state index in [1.165, 1.54) is 19.3 Å². The first-order valence-electron chi connectivity index (χ1n) is 6.63. The Morgan fingerprint density at radius 2 is 1.89 bits per heavy atom. The summed E-state index contributed by atoms with van der Waals surface area (Å²) in [5, 5.41) is 9.18. The van der Waals surface area contributed by atoms with Crippen LogP contribution >= 0.6 is 0 Å². The van der Waals surface area contributed by atoms with Crippen LogP contribution in [-0.2, 0) is 14.3 Å². The molecule has 0 atom stereocenters. The predicted molar refractivity (Wildman–Crippen MR) is 65.1 cm³/mol. The Balaban J connectivity index is 1.93. The van der Waals surface area contributed by atoms with Gasteiger partial charge in [0.1, 0.15) is 0 Å². The van der Waals surface area contributed by atoms with Crippen molar-refractivity contribution in [3.8, 4) is 0 Å². The second-order valence-corrected chi connectivity index (χ2v) is 5.57. The van der Waals surface area contributed by atoms with E-state index >= 15 is 0 Å². The molecule has 102 valence electrons. The van der Waals surface area contributed by atoms with Gasteiger partial charge in [0.25, 0.3) is 0 Å². The number of hydrogen-bond acceptors (Lipinski definition) is 3. The summed E-state index contributed by atoms with van der Waals surface area (Å²) in [6.07, 6.45) is 6.02. The molecule has 2 aliphatic rings. The number of nitrogens with zero attached hydrogens (tertiary/aromatic N) is 1. The molecule has 0 bridgehead atoms. The van der Waals surface area contributed by atoms with Crippen molar-refractivity contribution in [2.24, 2.45) is 11.3 Å². The van der Waals surface area contributed by atoms with Gasteiger partial charge < -0.3 is 14.7 Å². The number of rotatable bonds is 4. The fourth-order valence-corrected chi connectivity index (χ4v) is 2.85. The van der Waals surface area contributed by atoms with Crippen molar-refractivity contribution in [2.45, 2.75) is 32.1 Å². The molecule has 0 aromatic heterocycles. The van der Waals surface area contributed by atoms with Crippen LogP contribution in [0.1, 0.15) is 32.1 Å². The van der Waals surface area contributed by atoms with Gasteiger partial charge in [-0.3, -0.25) is 9.59 Å². The minimum atomic E-state index is -1.32. The van der Waals surface area contributed by atoms with Crippen LogP contribution < -0.4 is 0 Å². The van der Waals surface area contributed by atoms with E-state index in [2.05, 4.69) is 0 Å². The van der Waals surface area contributed by atoms with Gasteiger partial charge in [-0.05, 0) is 18.8 Å². The minimum absolute atomic E-state index is 0.0101. The first-order valence-corrected chi connectivity index (χ1v) is 6.63. The SMILES string of the molecule is CN(CC1CCCCC1)C(=O)C1(C(=O)O)COC1. The van der Waals surface area contributed by atoms with Gasteiger partial charge in [0.05, 0.1) is 13.2 Å². The Hall–Kier alpha value is -1.10. The number of hydrogen-bond donors (Lipinski definition) is 1. The zero-order valence-electron chi connectivity index (χ0n) is 10.9. The second kappa shape index (κ2) is 5.26. The predicted octanol–water partition coefficient (Wildman–Crippen LogP) is 1.13. The topological polar surface area (TPSA) is 66.8 Å². The number of carbonyl (C=O) groups is 2. The zero-order chi connectivity index (χ0) is 13.2. The molecule has 1 N–H and O–H groups in total. The lowest BCUT2D eigenvalue weighted by atomic mass is 9.83. The Morgan fingerprint density at radius 1 is 1.28 bits per heavy atom. The van der Waals surface area contributed by atoms with Gasteiger partial charge in [0, 0.05) is 13.6 Å². The summed E-state index contributed by atoms with van der Waals surface area (Å²) < 4.78 is 4.93. The maximum atomic E-state index is 12.2. The summed E-state index contributed by atoms with van der Waals surface area (Å²) in [7, 11) is 1.71. The molecule has 1 amide bonds. The van der Waals surface area contributed by atoms with Gasteiger partial charge in [-0.2, -0.15) is 0 Å². The van der Waals surface area contributed by atoms with E-state index in [4.69, 9.17) is 4.74 Å². The average molecular weight is 255 g/mol. The number of amides is 1. The number of carboxylic acids is 1. The second-order valence-electron chi connectivity index (χ2n) is 5.57. The van der Waals surface area contributed by atoms with Gasteiger partial charge in [0.15, 0.2) is 5.41 Å². The molecule has 0 spiro atoms. The first-order chi connectivity index (χ1) is 8.56. The minimum Gasteiger partial charge on any atom is -0.480 e. The smallest absolute Gasteiger partial charge is 0.324 e. The molecule has 1 aliphatic heterocycles. The average Bonchev–Trinajstić information content (AvgIpc) is 2.28. The van der Waals surface area contributed by atoms with Gasteiger partial charge in [-0.15, -0.1) is 0 Å². The molecule has 2 rings (SSSR count). The Labute approximate surface area is 107 Å². The van der Waals surface area contributed by atoms with Gasteiger partial charge in [-0.1, -0.05) is 19.3 Å². The monoisotopic (exact) mass is 255 g/mol. The molecule has 0 aromatic carbocycles. The van der Waals surface area contributed by atoms with Crippen LogP contribution in [0, 0.1) is 11.3 Å². The first kappa shape index (κ1) is 13.3. The van der Waals surface area contributed by atoms with Gasteiger partial charge in [0.2, 0.25) is 5.91 Å². The third-order valence-corrected chi connectivity index (χ3v) is 4.12. The van der Waals surface area contributed by atoms with E-state index in [9.17, 15) is 14.7 Å². The fourth-order valence-electron chi connectivity index (χ4n) is 2.85. The maximum absolute atomic E-state index is 12.2. The van der Waals surface area contributed by atoms with E-state index in [-0.39, 0.29) is 19.1 Å². The lowest BCUT2D eigenvalue weighted by molar-refractivity contribution is -0.190. The van der Waals surface area contributed by atoms with Crippen molar-refractivity contribution in [3.63, 3.8) is 0 Å². The van der Waals surface area contributed by atoms with Crippen molar-refractivity contribution in [1.29, 1.82) is 0 Å².